The lowest BCUT2D eigenvalue weighted by molar-refractivity contribution is -0.145. The number of carbonyl (C=O) groups is 1. The predicted molar refractivity (Wildman–Crippen MR) is 75.1 cm³/mol. The second-order valence-electron chi connectivity index (χ2n) is 4.44. The number of carbonyl (C=O) groups excluding carboxylic acids is 1. The van der Waals surface area contributed by atoms with Gasteiger partial charge in [-0.1, -0.05) is 13.8 Å². The van der Waals surface area contributed by atoms with E-state index in [4.69, 9.17) is 4.74 Å². The second kappa shape index (κ2) is 7.94. The zero-order chi connectivity index (χ0) is 14.3. The number of rotatable bonds is 8. The first kappa shape index (κ1) is 15.7. The summed E-state index contributed by atoms with van der Waals surface area (Å²) >= 11 is 0. The molecule has 1 aromatic rings. The Balaban J connectivity index is 2.63. The van der Waals surface area contributed by atoms with E-state index in [-0.39, 0.29) is 12.0 Å². The third-order valence-corrected chi connectivity index (χ3v) is 3.19. The van der Waals surface area contributed by atoms with Crippen LogP contribution in [0.2, 0.25) is 0 Å². The summed E-state index contributed by atoms with van der Waals surface area (Å²) in [6.07, 6.45) is 2.58. The Morgan fingerprint density at radius 1 is 1.42 bits per heavy atom. The SMILES string of the molecule is CCOC(=O)C(CCn1nc(CC)cc1CC)NC. The molecule has 5 nitrogen and oxygen atoms in total. The van der Waals surface area contributed by atoms with Gasteiger partial charge in [-0.15, -0.1) is 0 Å². The molecule has 0 aliphatic carbocycles. The van der Waals surface area contributed by atoms with Gasteiger partial charge in [0.25, 0.3) is 0 Å². The number of hydrogen-bond acceptors (Lipinski definition) is 4. The summed E-state index contributed by atoms with van der Waals surface area (Å²) in [6, 6.07) is 1.87. The van der Waals surface area contributed by atoms with Crippen molar-refractivity contribution < 1.29 is 9.53 Å². The van der Waals surface area contributed by atoms with Gasteiger partial charge in [-0.3, -0.25) is 9.48 Å². The van der Waals surface area contributed by atoms with Gasteiger partial charge < -0.3 is 10.1 Å². The van der Waals surface area contributed by atoms with E-state index in [2.05, 4.69) is 30.3 Å². The molecule has 0 saturated carbocycles. The minimum Gasteiger partial charge on any atom is -0.465 e. The normalized spacial score (nSPS) is 12.4. The molecule has 0 spiro atoms. The van der Waals surface area contributed by atoms with Crippen LogP contribution in [0, 0.1) is 0 Å². The molecule has 0 aliphatic rings. The van der Waals surface area contributed by atoms with Crippen molar-refractivity contribution in [2.45, 2.75) is 52.6 Å². The Morgan fingerprint density at radius 2 is 2.16 bits per heavy atom. The van der Waals surface area contributed by atoms with Gasteiger partial charge in [-0.2, -0.15) is 5.10 Å². The second-order valence-corrected chi connectivity index (χ2v) is 4.44. The Hall–Kier alpha value is -1.36. The maximum atomic E-state index is 11.7. The Morgan fingerprint density at radius 3 is 2.68 bits per heavy atom. The molecule has 1 rings (SSSR count). The lowest BCUT2D eigenvalue weighted by Gasteiger charge is -2.15. The molecule has 0 aliphatic heterocycles. The maximum absolute atomic E-state index is 11.7. The minimum atomic E-state index is -0.265. The monoisotopic (exact) mass is 267 g/mol. The highest BCUT2D eigenvalue weighted by molar-refractivity contribution is 5.75. The molecule has 108 valence electrons. The van der Waals surface area contributed by atoms with Crippen molar-refractivity contribution in [1.82, 2.24) is 15.1 Å². The molecule has 0 saturated heterocycles. The summed E-state index contributed by atoms with van der Waals surface area (Å²) in [5.74, 6) is -0.189. The van der Waals surface area contributed by atoms with Crippen LogP contribution in [-0.2, 0) is 28.9 Å². The maximum Gasteiger partial charge on any atom is 0.323 e. The van der Waals surface area contributed by atoms with Gasteiger partial charge in [0.1, 0.15) is 6.04 Å². The van der Waals surface area contributed by atoms with E-state index in [1.807, 2.05) is 11.6 Å². The molecule has 0 aromatic carbocycles. The van der Waals surface area contributed by atoms with E-state index in [1.54, 1.807) is 7.05 Å². The number of aryl methyl sites for hydroxylation is 3. The van der Waals surface area contributed by atoms with E-state index in [0.717, 1.165) is 25.1 Å². The van der Waals surface area contributed by atoms with Crippen molar-refractivity contribution >= 4 is 5.97 Å². The van der Waals surface area contributed by atoms with Crippen LogP contribution in [-0.4, -0.2) is 35.4 Å². The summed E-state index contributed by atoms with van der Waals surface area (Å²) in [6.45, 7) is 7.18. The first-order valence-electron chi connectivity index (χ1n) is 7.05. The summed E-state index contributed by atoms with van der Waals surface area (Å²) in [4.78, 5) is 11.7. The highest BCUT2D eigenvalue weighted by atomic mass is 16.5. The zero-order valence-electron chi connectivity index (χ0n) is 12.4. The average molecular weight is 267 g/mol. The first-order chi connectivity index (χ1) is 9.15. The molecule has 1 unspecified atom stereocenters. The summed E-state index contributed by atoms with van der Waals surface area (Å²) < 4.78 is 7.04. The van der Waals surface area contributed by atoms with Crippen molar-refractivity contribution in [1.29, 1.82) is 0 Å². The van der Waals surface area contributed by atoms with E-state index in [0.29, 0.717) is 13.0 Å². The Labute approximate surface area is 115 Å². The lowest BCUT2D eigenvalue weighted by Crippen LogP contribution is -2.36. The molecule has 5 heteroatoms. The van der Waals surface area contributed by atoms with Gasteiger partial charge in [0, 0.05) is 12.2 Å². The van der Waals surface area contributed by atoms with E-state index >= 15 is 0 Å². The van der Waals surface area contributed by atoms with Crippen LogP contribution >= 0.6 is 0 Å². The molecule has 0 amide bonds. The molecule has 0 radical (unpaired) electrons. The Kier molecular flexibility index (Phi) is 6.56. The third kappa shape index (κ3) is 4.35. The van der Waals surface area contributed by atoms with E-state index < -0.39 is 0 Å². The average Bonchev–Trinajstić information content (AvgIpc) is 2.82. The molecule has 1 atom stereocenters. The van der Waals surface area contributed by atoms with Gasteiger partial charge in [-0.25, -0.2) is 0 Å². The fourth-order valence-corrected chi connectivity index (χ4v) is 2.04. The minimum absolute atomic E-state index is 0.189. The molecular weight excluding hydrogens is 242 g/mol. The molecule has 1 aromatic heterocycles. The van der Waals surface area contributed by atoms with Crippen molar-refractivity contribution in [3.8, 4) is 0 Å². The van der Waals surface area contributed by atoms with Crippen LogP contribution in [0.3, 0.4) is 0 Å². The van der Waals surface area contributed by atoms with Gasteiger partial charge in [-0.05, 0) is 39.3 Å². The number of likely N-dealkylation sites (N-methyl/N-ethyl adjacent to an activating group) is 1. The molecule has 0 bridgehead atoms. The number of esters is 1. The summed E-state index contributed by atoms with van der Waals surface area (Å²) in [5, 5.41) is 7.55. The first-order valence-corrected chi connectivity index (χ1v) is 7.05. The summed E-state index contributed by atoms with van der Waals surface area (Å²) in [5.41, 5.74) is 2.32. The van der Waals surface area contributed by atoms with Crippen molar-refractivity contribution in [2.24, 2.45) is 0 Å². The fraction of sp³-hybridized carbons (Fsp3) is 0.714. The van der Waals surface area contributed by atoms with Crippen LogP contribution in [0.1, 0.15) is 38.6 Å². The third-order valence-electron chi connectivity index (χ3n) is 3.19. The number of nitrogens with zero attached hydrogens (tertiary/aromatic N) is 2. The Bertz CT molecular complexity index is 401. The van der Waals surface area contributed by atoms with E-state index in [9.17, 15) is 4.79 Å². The molecular formula is C14H25N3O2. The standard InChI is InChI=1S/C14H25N3O2/c1-5-11-10-12(6-2)17(16-11)9-8-13(15-4)14(18)19-7-3/h10,13,15H,5-9H2,1-4H3. The van der Waals surface area contributed by atoms with Crippen molar-refractivity contribution in [3.63, 3.8) is 0 Å². The van der Waals surface area contributed by atoms with Gasteiger partial charge in [0.2, 0.25) is 0 Å². The smallest absolute Gasteiger partial charge is 0.323 e. The molecule has 19 heavy (non-hydrogen) atoms. The van der Waals surface area contributed by atoms with Crippen molar-refractivity contribution in [3.05, 3.63) is 17.5 Å². The number of ether oxygens (including phenoxy) is 1. The molecule has 0 fully saturated rings. The quantitative estimate of drug-likeness (QED) is 0.726. The summed E-state index contributed by atoms with van der Waals surface area (Å²) in [7, 11) is 1.78. The van der Waals surface area contributed by atoms with Gasteiger partial charge in [0.05, 0.1) is 12.3 Å². The highest BCUT2D eigenvalue weighted by Crippen LogP contribution is 2.08. The molecule has 1 N–H and O–H groups in total. The topological polar surface area (TPSA) is 56.2 Å². The number of nitrogens with one attached hydrogen (secondary N) is 1. The van der Waals surface area contributed by atoms with Crippen LogP contribution in [0.25, 0.3) is 0 Å². The van der Waals surface area contributed by atoms with Gasteiger partial charge >= 0.3 is 5.97 Å². The largest absolute Gasteiger partial charge is 0.465 e. The van der Waals surface area contributed by atoms with Gasteiger partial charge in [0.15, 0.2) is 0 Å². The number of aromatic nitrogens is 2. The van der Waals surface area contributed by atoms with Crippen molar-refractivity contribution in [2.75, 3.05) is 13.7 Å². The number of hydrogen-bond donors (Lipinski definition) is 1. The highest BCUT2D eigenvalue weighted by Gasteiger charge is 2.18. The predicted octanol–water partition coefficient (Wildman–Crippen LogP) is 1.55. The van der Waals surface area contributed by atoms with Crippen LogP contribution in [0.5, 0.6) is 0 Å². The van der Waals surface area contributed by atoms with E-state index in [1.165, 1.54) is 5.69 Å². The van der Waals surface area contributed by atoms with Crippen LogP contribution in [0.4, 0.5) is 0 Å². The molecule has 1 heterocycles. The van der Waals surface area contributed by atoms with Crippen LogP contribution in [0.15, 0.2) is 6.07 Å². The zero-order valence-corrected chi connectivity index (χ0v) is 12.4. The lowest BCUT2D eigenvalue weighted by atomic mass is 10.2. The van der Waals surface area contributed by atoms with Crippen LogP contribution < -0.4 is 5.32 Å². The fourth-order valence-electron chi connectivity index (χ4n) is 2.04.